The van der Waals surface area contributed by atoms with E-state index in [1.807, 2.05) is 36.4 Å². The third-order valence-corrected chi connectivity index (χ3v) is 3.88. The summed E-state index contributed by atoms with van der Waals surface area (Å²) in [6.07, 6.45) is 5.78. The minimum Gasteiger partial charge on any atom is -0.385 e. The molecule has 2 aromatic rings. The highest BCUT2D eigenvalue weighted by Gasteiger charge is 2.49. The number of hydrogen-bond acceptors (Lipinski definition) is 3. The van der Waals surface area contributed by atoms with Crippen LogP contribution in [0.1, 0.15) is 18.4 Å². The second-order valence-corrected chi connectivity index (χ2v) is 5.51. The van der Waals surface area contributed by atoms with Crippen molar-refractivity contribution in [2.24, 2.45) is 0 Å². The first-order valence-corrected chi connectivity index (χ1v) is 6.55. The van der Waals surface area contributed by atoms with Gasteiger partial charge >= 0.3 is 0 Å². The standard InChI is InChI=1S/C14H14ClN3O/c15-14(6-7-14)13(19)12(18-10-16-9-17-18)8-11-4-2-1-3-5-11/h1-5,8-10,13,19H,6-7H2/b12-8+. The number of aromatic nitrogens is 3. The first-order chi connectivity index (χ1) is 9.19. The smallest absolute Gasteiger partial charge is 0.138 e. The summed E-state index contributed by atoms with van der Waals surface area (Å²) in [7, 11) is 0. The van der Waals surface area contributed by atoms with Crippen molar-refractivity contribution in [1.29, 1.82) is 0 Å². The van der Waals surface area contributed by atoms with E-state index in [-0.39, 0.29) is 0 Å². The van der Waals surface area contributed by atoms with E-state index in [0.29, 0.717) is 5.70 Å². The maximum Gasteiger partial charge on any atom is 0.138 e. The first kappa shape index (κ1) is 12.4. The second-order valence-electron chi connectivity index (χ2n) is 4.76. The molecule has 1 aliphatic rings. The van der Waals surface area contributed by atoms with Crippen molar-refractivity contribution in [3.8, 4) is 0 Å². The minimum absolute atomic E-state index is 0.549. The van der Waals surface area contributed by atoms with Gasteiger partial charge in [0.1, 0.15) is 18.8 Å². The van der Waals surface area contributed by atoms with Gasteiger partial charge in [0, 0.05) is 0 Å². The Morgan fingerprint density at radius 2 is 2.11 bits per heavy atom. The molecule has 0 saturated heterocycles. The molecule has 1 aromatic carbocycles. The lowest BCUT2D eigenvalue weighted by Gasteiger charge is -2.19. The van der Waals surface area contributed by atoms with Crippen LogP contribution in [0.4, 0.5) is 0 Å². The molecule has 1 atom stereocenters. The maximum absolute atomic E-state index is 10.5. The normalized spacial score (nSPS) is 19.2. The Hall–Kier alpha value is -1.65. The van der Waals surface area contributed by atoms with Crippen LogP contribution < -0.4 is 0 Å². The summed E-state index contributed by atoms with van der Waals surface area (Å²) in [4.78, 5) is 3.38. The van der Waals surface area contributed by atoms with E-state index in [4.69, 9.17) is 11.6 Å². The van der Waals surface area contributed by atoms with E-state index >= 15 is 0 Å². The molecule has 4 nitrogen and oxygen atoms in total. The number of nitrogens with zero attached hydrogens (tertiary/aromatic N) is 3. The van der Waals surface area contributed by atoms with Gasteiger partial charge in [-0.15, -0.1) is 11.6 Å². The Balaban J connectivity index is 2.00. The summed E-state index contributed by atoms with van der Waals surface area (Å²) < 4.78 is 1.57. The number of aliphatic hydroxyl groups is 1. The number of alkyl halides is 1. The molecule has 0 spiro atoms. The summed E-state index contributed by atoms with van der Waals surface area (Å²) in [5.41, 5.74) is 1.64. The lowest BCUT2D eigenvalue weighted by molar-refractivity contribution is 0.212. The van der Waals surface area contributed by atoms with E-state index < -0.39 is 11.0 Å². The fourth-order valence-corrected chi connectivity index (χ4v) is 2.20. The molecule has 1 fully saturated rings. The minimum atomic E-state index is -0.754. The Morgan fingerprint density at radius 3 is 2.68 bits per heavy atom. The monoisotopic (exact) mass is 275 g/mol. The van der Waals surface area contributed by atoms with E-state index in [9.17, 15) is 5.11 Å². The van der Waals surface area contributed by atoms with Crippen molar-refractivity contribution in [2.75, 3.05) is 0 Å². The zero-order chi connectivity index (χ0) is 13.3. The summed E-state index contributed by atoms with van der Waals surface area (Å²) in [5, 5.41) is 14.5. The quantitative estimate of drug-likeness (QED) is 0.872. The van der Waals surface area contributed by atoms with Crippen LogP contribution in [-0.4, -0.2) is 30.8 Å². The van der Waals surface area contributed by atoms with Crippen LogP contribution in [0.15, 0.2) is 43.0 Å². The van der Waals surface area contributed by atoms with Crippen LogP contribution in [-0.2, 0) is 0 Å². The molecule has 1 aliphatic carbocycles. The van der Waals surface area contributed by atoms with Gasteiger partial charge < -0.3 is 5.11 Å². The zero-order valence-corrected chi connectivity index (χ0v) is 11.0. The van der Waals surface area contributed by atoms with E-state index in [0.717, 1.165) is 18.4 Å². The fraction of sp³-hybridized carbons (Fsp3) is 0.286. The molecule has 1 unspecified atom stereocenters. The molecule has 0 bridgehead atoms. The molecule has 0 aliphatic heterocycles. The van der Waals surface area contributed by atoms with Gasteiger partial charge in [0.15, 0.2) is 0 Å². The van der Waals surface area contributed by atoms with Crippen LogP contribution >= 0.6 is 11.6 Å². The summed E-state index contributed by atoms with van der Waals surface area (Å²) in [6.45, 7) is 0. The SMILES string of the molecule is OC(/C(=C\c1ccccc1)n1cncn1)C1(Cl)CC1. The fourth-order valence-electron chi connectivity index (χ4n) is 1.99. The van der Waals surface area contributed by atoms with Crippen molar-refractivity contribution in [1.82, 2.24) is 14.8 Å². The molecule has 98 valence electrons. The first-order valence-electron chi connectivity index (χ1n) is 6.18. The predicted molar refractivity (Wildman–Crippen MR) is 74.5 cm³/mol. The average Bonchev–Trinajstić information content (AvgIpc) is 2.97. The molecule has 3 rings (SSSR count). The lowest BCUT2D eigenvalue weighted by atomic mass is 10.1. The van der Waals surface area contributed by atoms with Gasteiger partial charge in [-0.2, -0.15) is 5.10 Å². The van der Waals surface area contributed by atoms with Crippen molar-refractivity contribution in [3.63, 3.8) is 0 Å². The van der Waals surface area contributed by atoms with Gasteiger partial charge in [-0.3, -0.25) is 0 Å². The molecule has 1 N–H and O–H groups in total. The molecular weight excluding hydrogens is 262 g/mol. The van der Waals surface area contributed by atoms with Crippen molar-refractivity contribution in [3.05, 3.63) is 48.5 Å². The van der Waals surface area contributed by atoms with Crippen molar-refractivity contribution < 1.29 is 5.11 Å². The van der Waals surface area contributed by atoms with Crippen LogP contribution in [0.2, 0.25) is 0 Å². The topological polar surface area (TPSA) is 50.9 Å². The van der Waals surface area contributed by atoms with Crippen LogP contribution in [0.25, 0.3) is 11.8 Å². The highest BCUT2D eigenvalue weighted by Crippen LogP contribution is 2.48. The molecular formula is C14H14ClN3O. The number of halogens is 1. The molecule has 0 radical (unpaired) electrons. The molecule has 5 heteroatoms. The van der Waals surface area contributed by atoms with Gasteiger partial charge in [-0.05, 0) is 24.5 Å². The molecule has 1 aromatic heterocycles. The molecule has 1 heterocycles. The third kappa shape index (κ3) is 2.55. The van der Waals surface area contributed by atoms with E-state index in [1.54, 1.807) is 11.0 Å². The molecule has 1 saturated carbocycles. The predicted octanol–water partition coefficient (Wildman–Crippen LogP) is 2.41. The highest BCUT2D eigenvalue weighted by atomic mass is 35.5. The van der Waals surface area contributed by atoms with Gasteiger partial charge in [0.2, 0.25) is 0 Å². The molecule has 0 amide bonds. The molecule has 19 heavy (non-hydrogen) atoms. The van der Waals surface area contributed by atoms with Gasteiger partial charge in [-0.25, -0.2) is 9.67 Å². The Labute approximate surface area is 116 Å². The Morgan fingerprint density at radius 1 is 1.37 bits per heavy atom. The maximum atomic E-state index is 10.5. The zero-order valence-electron chi connectivity index (χ0n) is 10.3. The summed E-state index contributed by atoms with van der Waals surface area (Å²) >= 11 is 6.32. The average molecular weight is 276 g/mol. The van der Waals surface area contributed by atoms with Crippen LogP contribution in [0, 0.1) is 0 Å². The highest BCUT2D eigenvalue weighted by molar-refractivity contribution is 6.27. The Bertz CT molecular complexity index is 576. The van der Waals surface area contributed by atoms with Crippen molar-refractivity contribution in [2.45, 2.75) is 23.8 Å². The number of hydrogen-bond donors (Lipinski definition) is 1. The number of aliphatic hydroxyl groups excluding tert-OH is 1. The van der Waals surface area contributed by atoms with Crippen LogP contribution in [0.5, 0.6) is 0 Å². The Kier molecular flexibility index (Phi) is 3.12. The van der Waals surface area contributed by atoms with Crippen LogP contribution in [0.3, 0.4) is 0 Å². The van der Waals surface area contributed by atoms with Gasteiger partial charge in [-0.1, -0.05) is 30.3 Å². The number of benzene rings is 1. The third-order valence-electron chi connectivity index (χ3n) is 3.30. The van der Waals surface area contributed by atoms with E-state index in [2.05, 4.69) is 10.1 Å². The largest absolute Gasteiger partial charge is 0.385 e. The number of rotatable bonds is 4. The van der Waals surface area contributed by atoms with Gasteiger partial charge in [0.05, 0.1) is 10.6 Å². The van der Waals surface area contributed by atoms with Gasteiger partial charge in [0.25, 0.3) is 0 Å². The van der Waals surface area contributed by atoms with Crippen molar-refractivity contribution >= 4 is 23.4 Å². The lowest BCUT2D eigenvalue weighted by Crippen LogP contribution is -2.27. The summed E-state index contributed by atoms with van der Waals surface area (Å²) in [5.74, 6) is 0. The summed E-state index contributed by atoms with van der Waals surface area (Å²) in [6, 6.07) is 9.79. The second kappa shape index (κ2) is 4.79. The van der Waals surface area contributed by atoms with E-state index in [1.165, 1.54) is 6.33 Å².